The average Bonchev–Trinajstić information content (AvgIpc) is 2.69. The van der Waals surface area contributed by atoms with Gasteiger partial charge >= 0.3 is 0 Å². The minimum atomic E-state index is 0.244. The molecule has 0 radical (unpaired) electrons. The summed E-state index contributed by atoms with van der Waals surface area (Å²) >= 11 is 5.92. The Morgan fingerprint density at radius 3 is 2.76 bits per heavy atom. The van der Waals surface area contributed by atoms with Crippen LogP contribution in [-0.2, 0) is 0 Å². The normalized spacial score (nSPS) is 24.1. The molecule has 0 spiro atoms. The van der Waals surface area contributed by atoms with E-state index >= 15 is 0 Å². The topological polar surface area (TPSA) is 53.9 Å². The molecule has 1 N–H and O–H groups in total. The molecule has 2 rings (SSSR count). The molecule has 5 nitrogen and oxygen atoms in total. The van der Waals surface area contributed by atoms with Crippen molar-refractivity contribution in [1.29, 1.82) is 0 Å². The van der Waals surface area contributed by atoms with Gasteiger partial charge in [-0.05, 0) is 37.8 Å². The number of hydrogen-bond donors (Lipinski definition) is 1. The number of aromatic nitrogens is 3. The first-order valence-electron chi connectivity index (χ1n) is 6.03. The Morgan fingerprint density at radius 1 is 1.35 bits per heavy atom. The van der Waals surface area contributed by atoms with Gasteiger partial charge in [-0.1, -0.05) is 6.92 Å². The molecular weight excluding hydrogens is 238 g/mol. The Bertz CT molecular complexity index is 397. The third kappa shape index (κ3) is 2.44. The largest absolute Gasteiger partial charge is 0.357 e. The maximum absolute atomic E-state index is 5.92. The summed E-state index contributed by atoms with van der Waals surface area (Å²) in [4.78, 5) is 14.9. The first-order chi connectivity index (χ1) is 8.15. The minimum absolute atomic E-state index is 0.244. The van der Waals surface area contributed by atoms with Crippen LogP contribution in [0.25, 0.3) is 0 Å². The van der Waals surface area contributed by atoms with Gasteiger partial charge in [0.05, 0.1) is 0 Å². The second-order valence-electron chi connectivity index (χ2n) is 4.37. The highest BCUT2D eigenvalue weighted by Gasteiger charge is 2.31. The summed E-state index contributed by atoms with van der Waals surface area (Å²) in [5.41, 5.74) is 0. The Morgan fingerprint density at radius 2 is 2.12 bits per heavy atom. The minimum Gasteiger partial charge on any atom is -0.357 e. The fourth-order valence-electron chi connectivity index (χ4n) is 2.40. The van der Waals surface area contributed by atoms with E-state index in [2.05, 4.69) is 39.0 Å². The van der Waals surface area contributed by atoms with Crippen LogP contribution < -0.4 is 10.2 Å². The second-order valence-corrected chi connectivity index (χ2v) is 4.71. The van der Waals surface area contributed by atoms with Crippen LogP contribution >= 0.6 is 11.6 Å². The van der Waals surface area contributed by atoms with E-state index in [0.717, 1.165) is 6.42 Å². The molecule has 2 unspecified atom stereocenters. The smallest absolute Gasteiger partial charge is 0.231 e. The lowest BCUT2D eigenvalue weighted by molar-refractivity contribution is 0.611. The van der Waals surface area contributed by atoms with Crippen LogP contribution in [0.1, 0.15) is 33.1 Å². The first-order valence-corrected chi connectivity index (χ1v) is 6.41. The Labute approximate surface area is 107 Å². The molecule has 0 bridgehead atoms. The molecule has 1 aromatic heterocycles. The standard InChI is InChI=1S/C11H18ClN5/c1-4-8-6-5-7(2)17(8)11-15-9(12)14-10(13-3)16-11/h7-8H,4-6H2,1-3H3,(H,13,14,15,16). The van der Waals surface area contributed by atoms with Gasteiger partial charge in [0.2, 0.25) is 17.2 Å². The quantitative estimate of drug-likeness (QED) is 0.899. The van der Waals surface area contributed by atoms with Crippen molar-refractivity contribution in [3.05, 3.63) is 5.28 Å². The molecule has 2 heterocycles. The highest BCUT2D eigenvalue weighted by Crippen LogP contribution is 2.30. The Hall–Kier alpha value is -1.10. The van der Waals surface area contributed by atoms with E-state index in [0.29, 0.717) is 24.0 Å². The zero-order chi connectivity index (χ0) is 12.4. The van der Waals surface area contributed by atoms with Gasteiger partial charge in [0.1, 0.15) is 0 Å². The van der Waals surface area contributed by atoms with E-state index in [1.807, 2.05) is 0 Å². The lowest BCUT2D eigenvalue weighted by Crippen LogP contribution is -2.35. The molecule has 0 aliphatic carbocycles. The van der Waals surface area contributed by atoms with E-state index in [-0.39, 0.29) is 5.28 Å². The number of anilines is 2. The van der Waals surface area contributed by atoms with Crippen LogP contribution in [0.4, 0.5) is 11.9 Å². The summed E-state index contributed by atoms with van der Waals surface area (Å²) in [5.74, 6) is 1.21. The summed E-state index contributed by atoms with van der Waals surface area (Å²) in [7, 11) is 1.78. The average molecular weight is 256 g/mol. The van der Waals surface area contributed by atoms with Crippen molar-refractivity contribution >= 4 is 23.5 Å². The number of rotatable bonds is 3. The molecule has 0 saturated carbocycles. The van der Waals surface area contributed by atoms with Gasteiger partial charge in [0, 0.05) is 19.1 Å². The van der Waals surface area contributed by atoms with E-state index in [1.165, 1.54) is 12.8 Å². The zero-order valence-corrected chi connectivity index (χ0v) is 11.2. The lowest BCUT2D eigenvalue weighted by atomic mass is 10.2. The lowest BCUT2D eigenvalue weighted by Gasteiger charge is -2.27. The highest BCUT2D eigenvalue weighted by atomic mass is 35.5. The molecule has 94 valence electrons. The highest BCUT2D eigenvalue weighted by molar-refractivity contribution is 6.28. The molecule has 6 heteroatoms. The predicted octanol–water partition coefficient (Wildman–Crippen LogP) is 2.33. The third-order valence-electron chi connectivity index (χ3n) is 3.31. The molecule has 0 aromatic carbocycles. The third-order valence-corrected chi connectivity index (χ3v) is 3.48. The molecule has 1 aromatic rings. The fraction of sp³-hybridized carbons (Fsp3) is 0.727. The molecular formula is C11H18ClN5. The van der Waals surface area contributed by atoms with E-state index in [1.54, 1.807) is 7.05 Å². The van der Waals surface area contributed by atoms with Crippen LogP contribution in [0, 0.1) is 0 Å². The predicted molar refractivity (Wildman–Crippen MR) is 69.6 cm³/mol. The number of halogens is 1. The summed E-state index contributed by atoms with van der Waals surface area (Å²) in [6, 6.07) is 0.969. The summed E-state index contributed by atoms with van der Waals surface area (Å²) in [6.07, 6.45) is 3.47. The molecule has 1 aliphatic heterocycles. The summed E-state index contributed by atoms with van der Waals surface area (Å²) in [6.45, 7) is 4.39. The molecule has 1 fully saturated rings. The van der Waals surface area contributed by atoms with Crippen molar-refractivity contribution in [2.24, 2.45) is 0 Å². The Kier molecular flexibility index (Phi) is 3.66. The van der Waals surface area contributed by atoms with E-state index in [4.69, 9.17) is 11.6 Å². The van der Waals surface area contributed by atoms with E-state index in [9.17, 15) is 0 Å². The summed E-state index contributed by atoms with van der Waals surface area (Å²) < 4.78 is 0. The van der Waals surface area contributed by atoms with Crippen LogP contribution in [0.2, 0.25) is 5.28 Å². The van der Waals surface area contributed by atoms with Crippen molar-refractivity contribution in [3.8, 4) is 0 Å². The van der Waals surface area contributed by atoms with Gasteiger partial charge in [0.15, 0.2) is 0 Å². The second kappa shape index (κ2) is 5.04. The van der Waals surface area contributed by atoms with Gasteiger partial charge in [-0.15, -0.1) is 0 Å². The number of hydrogen-bond acceptors (Lipinski definition) is 5. The van der Waals surface area contributed by atoms with Crippen LogP contribution in [-0.4, -0.2) is 34.1 Å². The maximum atomic E-state index is 5.92. The number of nitrogens with zero attached hydrogens (tertiary/aromatic N) is 4. The SMILES string of the molecule is CCC1CCC(C)N1c1nc(Cl)nc(NC)n1. The van der Waals surface area contributed by atoms with Crippen LogP contribution in [0.5, 0.6) is 0 Å². The molecule has 17 heavy (non-hydrogen) atoms. The van der Waals surface area contributed by atoms with Gasteiger partial charge < -0.3 is 10.2 Å². The Balaban J connectivity index is 2.34. The molecule has 0 amide bonds. The molecule has 1 saturated heterocycles. The van der Waals surface area contributed by atoms with E-state index < -0.39 is 0 Å². The zero-order valence-electron chi connectivity index (χ0n) is 10.4. The van der Waals surface area contributed by atoms with Gasteiger partial charge in [-0.2, -0.15) is 15.0 Å². The van der Waals surface area contributed by atoms with Crippen molar-refractivity contribution in [2.75, 3.05) is 17.3 Å². The molecule has 2 atom stereocenters. The van der Waals surface area contributed by atoms with Crippen LogP contribution in [0.3, 0.4) is 0 Å². The van der Waals surface area contributed by atoms with Crippen molar-refractivity contribution in [2.45, 2.75) is 45.2 Å². The maximum Gasteiger partial charge on any atom is 0.231 e. The van der Waals surface area contributed by atoms with Gasteiger partial charge in [-0.3, -0.25) is 0 Å². The number of nitrogens with one attached hydrogen (secondary N) is 1. The first kappa shape index (κ1) is 12.4. The summed E-state index contributed by atoms with van der Waals surface area (Å²) in [5, 5.41) is 3.15. The van der Waals surface area contributed by atoms with Gasteiger partial charge in [0.25, 0.3) is 0 Å². The van der Waals surface area contributed by atoms with Crippen LogP contribution in [0.15, 0.2) is 0 Å². The molecule has 1 aliphatic rings. The fourth-order valence-corrected chi connectivity index (χ4v) is 2.56. The van der Waals surface area contributed by atoms with Gasteiger partial charge in [-0.25, -0.2) is 0 Å². The monoisotopic (exact) mass is 255 g/mol. The van der Waals surface area contributed by atoms with Crippen molar-refractivity contribution < 1.29 is 0 Å². The van der Waals surface area contributed by atoms with Crippen molar-refractivity contribution in [3.63, 3.8) is 0 Å². The van der Waals surface area contributed by atoms with Crippen molar-refractivity contribution in [1.82, 2.24) is 15.0 Å².